The standard InChI is InChI=1S/C16H18ClN3O3S/c1-10(14(21)18-9-13-6-3-7-22-13)24-16-20-19-15(23-16)11-4-2-5-12(17)8-11/h2,4-5,8,10,13H,3,6-7,9H2,1H3,(H,18,21)/t10-,13-/m1/s1. The second-order valence-electron chi connectivity index (χ2n) is 5.52. The van der Waals surface area contributed by atoms with E-state index in [1.807, 2.05) is 12.1 Å². The Morgan fingerprint density at radius 3 is 3.12 bits per heavy atom. The molecule has 1 fully saturated rings. The Labute approximate surface area is 149 Å². The number of hydrogen-bond donors (Lipinski definition) is 1. The summed E-state index contributed by atoms with van der Waals surface area (Å²) in [4.78, 5) is 12.1. The highest BCUT2D eigenvalue weighted by Gasteiger charge is 2.21. The van der Waals surface area contributed by atoms with Gasteiger partial charge in [0, 0.05) is 23.7 Å². The Morgan fingerprint density at radius 1 is 1.50 bits per heavy atom. The summed E-state index contributed by atoms with van der Waals surface area (Å²) in [5.74, 6) is 0.310. The van der Waals surface area contributed by atoms with Crippen molar-refractivity contribution in [3.63, 3.8) is 0 Å². The maximum atomic E-state index is 12.1. The van der Waals surface area contributed by atoms with Crippen LogP contribution in [0.4, 0.5) is 0 Å². The number of hydrogen-bond acceptors (Lipinski definition) is 6. The average Bonchev–Trinajstić information content (AvgIpc) is 3.24. The Bertz CT molecular complexity index is 703. The van der Waals surface area contributed by atoms with E-state index in [9.17, 15) is 4.79 Å². The molecule has 8 heteroatoms. The largest absolute Gasteiger partial charge is 0.411 e. The summed E-state index contributed by atoms with van der Waals surface area (Å²) in [6.45, 7) is 3.12. The van der Waals surface area contributed by atoms with Crippen LogP contribution in [-0.4, -0.2) is 40.6 Å². The first-order valence-electron chi connectivity index (χ1n) is 7.77. The molecule has 1 aromatic heterocycles. The Balaban J connectivity index is 1.54. The molecule has 0 unspecified atom stereocenters. The lowest BCUT2D eigenvalue weighted by atomic mass is 10.2. The van der Waals surface area contributed by atoms with Gasteiger partial charge in [-0.15, -0.1) is 10.2 Å². The topological polar surface area (TPSA) is 77.2 Å². The van der Waals surface area contributed by atoms with Gasteiger partial charge < -0.3 is 14.5 Å². The van der Waals surface area contributed by atoms with Crippen molar-refractivity contribution in [3.05, 3.63) is 29.3 Å². The number of aromatic nitrogens is 2. The van der Waals surface area contributed by atoms with Gasteiger partial charge in [-0.2, -0.15) is 0 Å². The van der Waals surface area contributed by atoms with Gasteiger partial charge in [-0.3, -0.25) is 4.79 Å². The van der Waals surface area contributed by atoms with Crippen molar-refractivity contribution in [1.29, 1.82) is 0 Å². The van der Waals surface area contributed by atoms with Crippen molar-refractivity contribution >= 4 is 29.3 Å². The molecule has 0 bridgehead atoms. The first-order chi connectivity index (χ1) is 11.6. The molecule has 128 valence electrons. The molecule has 3 rings (SSSR count). The molecular weight excluding hydrogens is 350 g/mol. The number of halogens is 1. The predicted octanol–water partition coefficient (Wildman–Crippen LogP) is 3.17. The van der Waals surface area contributed by atoms with Gasteiger partial charge in [0.15, 0.2) is 0 Å². The molecule has 1 aliphatic heterocycles. The lowest BCUT2D eigenvalue weighted by Gasteiger charge is -2.13. The van der Waals surface area contributed by atoms with Gasteiger partial charge in [0.25, 0.3) is 5.22 Å². The summed E-state index contributed by atoms with van der Waals surface area (Å²) in [5.41, 5.74) is 0.748. The van der Waals surface area contributed by atoms with E-state index in [2.05, 4.69) is 15.5 Å². The van der Waals surface area contributed by atoms with Crippen LogP contribution in [0.1, 0.15) is 19.8 Å². The van der Waals surface area contributed by atoms with Crippen LogP contribution in [0.15, 0.2) is 33.9 Å². The summed E-state index contributed by atoms with van der Waals surface area (Å²) in [5, 5.41) is 11.5. The fraction of sp³-hybridized carbons (Fsp3) is 0.438. The first kappa shape index (κ1) is 17.3. The number of amides is 1. The lowest BCUT2D eigenvalue weighted by molar-refractivity contribution is -0.120. The maximum absolute atomic E-state index is 12.1. The van der Waals surface area contributed by atoms with Crippen LogP contribution in [0.25, 0.3) is 11.5 Å². The van der Waals surface area contributed by atoms with E-state index in [1.54, 1.807) is 19.1 Å². The second-order valence-corrected chi connectivity index (χ2v) is 7.25. The minimum Gasteiger partial charge on any atom is -0.411 e. The monoisotopic (exact) mass is 367 g/mol. The van der Waals surface area contributed by atoms with E-state index in [4.69, 9.17) is 20.8 Å². The molecule has 0 saturated carbocycles. The zero-order chi connectivity index (χ0) is 16.9. The molecule has 2 aromatic rings. The van der Waals surface area contributed by atoms with Crippen molar-refractivity contribution in [2.45, 2.75) is 36.3 Å². The minimum absolute atomic E-state index is 0.0713. The van der Waals surface area contributed by atoms with Crippen LogP contribution < -0.4 is 5.32 Å². The zero-order valence-corrected chi connectivity index (χ0v) is 14.8. The third-order valence-corrected chi connectivity index (χ3v) is 4.82. The molecular formula is C16H18ClN3O3S. The highest BCUT2D eigenvalue weighted by Crippen LogP contribution is 2.27. The molecule has 1 saturated heterocycles. The van der Waals surface area contributed by atoms with E-state index < -0.39 is 0 Å². The molecule has 0 aliphatic carbocycles. The first-order valence-corrected chi connectivity index (χ1v) is 9.03. The molecule has 1 amide bonds. The van der Waals surface area contributed by atoms with Crippen molar-refractivity contribution in [1.82, 2.24) is 15.5 Å². The second kappa shape index (κ2) is 8.00. The van der Waals surface area contributed by atoms with Crippen LogP contribution >= 0.6 is 23.4 Å². The molecule has 0 radical (unpaired) electrons. The molecule has 1 aliphatic rings. The highest BCUT2D eigenvalue weighted by atomic mass is 35.5. The fourth-order valence-electron chi connectivity index (χ4n) is 2.36. The van der Waals surface area contributed by atoms with E-state index in [0.717, 1.165) is 25.0 Å². The minimum atomic E-state index is -0.334. The van der Waals surface area contributed by atoms with Crippen LogP contribution in [-0.2, 0) is 9.53 Å². The van der Waals surface area contributed by atoms with Crippen molar-refractivity contribution in [2.24, 2.45) is 0 Å². The van der Waals surface area contributed by atoms with Crippen LogP contribution in [0.5, 0.6) is 0 Å². The summed E-state index contributed by atoms with van der Waals surface area (Å²) in [6, 6.07) is 7.18. The Morgan fingerprint density at radius 2 is 2.38 bits per heavy atom. The van der Waals surface area contributed by atoms with Crippen molar-refractivity contribution < 1.29 is 13.9 Å². The van der Waals surface area contributed by atoms with Crippen LogP contribution in [0, 0.1) is 0 Å². The number of carbonyl (C=O) groups is 1. The number of nitrogens with one attached hydrogen (secondary N) is 1. The number of thioether (sulfide) groups is 1. The van der Waals surface area contributed by atoms with Gasteiger partial charge in [-0.05, 0) is 38.0 Å². The lowest BCUT2D eigenvalue weighted by Crippen LogP contribution is -2.36. The van der Waals surface area contributed by atoms with Gasteiger partial charge >= 0.3 is 0 Å². The van der Waals surface area contributed by atoms with E-state index in [-0.39, 0.29) is 17.3 Å². The molecule has 2 atom stereocenters. The molecule has 1 N–H and O–H groups in total. The summed E-state index contributed by atoms with van der Waals surface area (Å²) in [7, 11) is 0. The number of benzene rings is 1. The maximum Gasteiger partial charge on any atom is 0.277 e. The number of ether oxygens (including phenoxy) is 1. The van der Waals surface area contributed by atoms with Crippen LogP contribution in [0.3, 0.4) is 0 Å². The van der Waals surface area contributed by atoms with E-state index in [1.165, 1.54) is 11.8 Å². The van der Waals surface area contributed by atoms with Gasteiger partial charge in [-0.25, -0.2) is 0 Å². The molecule has 0 spiro atoms. The van der Waals surface area contributed by atoms with Gasteiger partial charge in [0.1, 0.15) is 0 Å². The summed E-state index contributed by atoms with van der Waals surface area (Å²) >= 11 is 7.19. The smallest absolute Gasteiger partial charge is 0.277 e. The van der Waals surface area contributed by atoms with E-state index >= 15 is 0 Å². The predicted molar refractivity (Wildman–Crippen MR) is 92.0 cm³/mol. The Kier molecular flexibility index (Phi) is 5.76. The number of carbonyl (C=O) groups excluding carboxylic acids is 1. The fourth-order valence-corrected chi connectivity index (χ4v) is 3.26. The van der Waals surface area contributed by atoms with Gasteiger partial charge in [0.05, 0.1) is 11.4 Å². The normalized spacial score (nSPS) is 18.5. The zero-order valence-electron chi connectivity index (χ0n) is 13.2. The average molecular weight is 368 g/mol. The van der Waals surface area contributed by atoms with Crippen LogP contribution in [0.2, 0.25) is 5.02 Å². The molecule has 6 nitrogen and oxygen atoms in total. The molecule has 2 heterocycles. The quantitative estimate of drug-likeness (QED) is 0.790. The molecule has 24 heavy (non-hydrogen) atoms. The summed E-state index contributed by atoms with van der Waals surface area (Å²) in [6.07, 6.45) is 2.18. The van der Waals surface area contributed by atoms with Crippen molar-refractivity contribution in [3.8, 4) is 11.5 Å². The van der Waals surface area contributed by atoms with Gasteiger partial charge in [-0.1, -0.05) is 29.4 Å². The third kappa shape index (κ3) is 4.49. The SMILES string of the molecule is C[C@@H](Sc1nnc(-c2cccc(Cl)c2)o1)C(=O)NC[C@H]1CCCO1. The number of nitrogens with zero attached hydrogens (tertiary/aromatic N) is 2. The van der Waals surface area contributed by atoms with Crippen molar-refractivity contribution in [2.75, 3.05) is 13.2 Å². The summed E-state index contributed by atoms with van der Waals surface area (Å²) < 4.78 is 11.1. The third-order valence-electron chi connectivity index (χ3n) is 3.65. The molecule has 1 aromatic carbocycles. The van der Waals surface area contributed by atoms with Gasteiger partial charge in [0.2, 0.25) is 11.8 Å². The Hall–Kier alpha value is -1.57. The number of rotatable bonds is 6. The highest BCUT2D eigenvalue weighted by molar-refractivity contribution is 8.00. The van der Waals surface area contributed by atoms with E-state index in [0.29, 0.717) is 22.7 Å².